The molecule has 146 valence electrons. The molecule has 1 aromatic heterocycles. The van der Waals surface area contributed by atoms with Crippen LogP contribution in [0.5, 0.6) is 11.5 Å². The first-order chi connectivity index (χ1) is 14.1. The van der Waals surface area contributed by atoms with Gasteiger partial charge in [0.25, 0.3) is 5.56 Å². The molecule has 2 aromatic carbocycles. The fourth-order valence-corrected chi connectivity index (χ4v) is 4.10. The lowest BCUT2D eigenvalue weighted by molar-refractivity contribution is 0.414. The van der Waals surface area contributed by atoms with Gasteiger partial charge >= 0.3 is 0 Å². The first kappa shape index (κ1) is 18.9. The summed E-state index contributed by atoms with van der Waals surface area (Å²) < 4.78 is 12.0. The molecule has 0 saturated heterocycles. The highest BCUT2D eigenvalue weighted by molar-refractivity contribution is 7.99. The van der Waals surface area contributed by atoms with Crippen LogP contribution in [0.2, 0.25) is 0 Å². The van der Waals surface area contributed by atoms with Crippen LogP contribution in [0, 0.1) is 11.3 Å². The molecule has 4 rings (SSSR count). The molecule has 0 fully saturated rings. The van der Waals surface area contributed by atoms with Crippen molar-refractivity contribution < 1.29 is 9.47 Å². The summed E-state index contributed by atoms with van der Waals surface area (Å²) in [5.41, 5.74) is 1.71. The first-order valence-electron chi connectivity index (χ1n) is 8.85. The lowest BCUT2D eigenvalue weighted by Gasteiger charge is -2.31. The second kappa shape index (κ2) is 7.89. The lowest BCUT2D eigenvalue weighted by Crippen LogP contribution is -2.38. The van der Waals surface area contributed by atoms with E-state index < -0.39 is 0 Å². The minimum absolute atomic E-state index is 0.0270. The van der Waals surface area contributed by atoms with Crippen LogP contribution in [0.25, 0.3) is 11.3 Å². The van der Waals surface area contributed by atoms with E-state index in [9.17, 15) is 10.1 Å². The topological polar surface area (TPSA) is 80.4 Å². The van der Waals surface area contributed by atoms with E-state index in [1.165, 1.54) is 11.8 Å². The minimum atomic E-state index is -0.346. The van der Waals surface area contributed by atoms with E-state index in [-0.39, 0.29) is 11.1 Å². The molecule has 0 spiro atoms. The summed E-state index contributed by atoms with van der Waals surface area (Å²) in [5.74, 6) is 2.05. The highest BCUT2D eigenvalue weighted by atomic mass is 32.2. The maximum absolute atomic E-state index is 13.1. The number of anilines is 1. The van der Waals surface area contributed by atoms with Crippen molar-refractivity contribution in [2.75, 3.05) is 25.0 Å². The zero-order valence-corrected chi connectivity index (χ0v) is 16.8. The number of rotatable bonds is 4. The molecule has 1 aliphatic heterocycles. The number of nitrogens with zero attached hydrogens (tertiary/aromatic N) is 4. The van der Waals surface area contributed by atoms with Crippen LogP contribution in [-0.2, 0) is 6.67 Å². The fraction of sp³-hybridized carbons (Fsp3) is 0.190. The summed E-state index contributed by atoms with van der Waals surface area (Å²) in [5, 5.41) is 10.3. The SMILES string of the molecule is COc1ccc(N2CSc3nc(-c4cccc(OC)c4)c(C#N)c(=O)n3C2)cc1. The highest BCUT2D eigenvalue weighted by Gasteiger charge is 2.24. The Hall–Kier alpha value is -3.44. The molecule has 0 atom stereocenters. The van der Waals surface area contributed by atoms with E-state index in [0.717, 1.165) is 11.4 Å². The summed E-state index contributed by atoms with van der Waals surface area (Å²) in [6.07, 6.45) is 0. The molecule has 3 aromatic rings. The lowest BCUT2D eigenvalue weighted by atomic mass is 10.1. The Morgan fingerprint density at radius 1 is 1.10 bits per heavy atom. The predicted octanol–water partition coefficient (Wildman–Crippen LogP) is 3.33. The van der Waals surface area contributed by atoms with Gasteiger partial charge in [-0.1, -0.05) is 23.9 Å². The van der Waals surface area contributed by atoms with Gasteiger partial charge < -0.3 is 14.4 Å². The van der Waals surface area contributed by atoms with Crippen LogP contribution in [0.15, 0.2) is 58.5 Å². The second-order valence-corrected chi connectivity index (χ2v) is 7.26. The van der Waals surface area contributed by atoms with Crippen molar-refractivity contribution in [2.45, 2.75) is 11.8 Å². The predicted molar refractivity (Wildman–Crippen MR) is 111 cm³/mol. The third-order valence-electron chi connectivity index (χ3n) is 4.69. The Labute approximate surface area is 172 Å². The zero-order chi connectivity index (χ0) is 20.4. The maximum Gasteiger partial charge on any atom is 0.274 e. The number of aromatic nitrogens is 2. The monoisotopic (exact) mass is 406 g/mol. The number of methoxy groups -OCH3 is 2. The van der Waals surface area contributed by atoms with Gasteiger partial charge in [0.2, 0.25) is 0 Å². The first-order valence-corrected chi connectivity index (χ1v) is 9.84. The molecule has 8 heteroatoms. The molecule has 0 amide bonds. The standard InChI is InChI=1S/C21H18N4O3S/c1-27-16-8-6-15(7-9-16)24-12-25-20(26)18(11-22)19(23-21(25)29-13-24)14-4-3-5-17(10-14)28-2/h3-10H,12-13H2,1-2H3. The molecular formula is C21H18N4O3S. The second-order valence-electron chi connectivity index (χ2n) is 6.35. The van der Waals surface area contributed by atoms with Crippen LogP contribution in [-0.4, -0.2) is 29.6 Å². The average Bonchev–Trinajstić information content (AvgIpc) is 2.79. The van der Waals surface area contributed by atoms with Gasteiger partial charge in [0, 0.05) is 11.3 Å². The van der Waals surface area contributed by atoms with Gasteiger partial charge in [0.15, 0.2) is 5.16 Å². The summed E-state index contributed by atoms with van der Waals surface area (Å²) in [6.45, 7) is 0.327. The summed E-state index contributed by atoms with van der Waals surface area (Å²) in [4.78, 5) is 19.8. The van der Waals surface area contributed by atoms with Crippen molar-refractivity contribution in [3.8, 4) is 28.8 Å². The van der Waals surface area contributed by atoms with E-state index in [2.05, 4.69) is 4.98 Å². The van der Waals surface area contributed by atoms with Crippen molar-refractivity contribution in [1.29, 1.82) is 5.26 Å². The molecular weight excluding hydrogens is 388 g/mol. The number of thioether (sulfide) groups is 1. The zero-order valence-electron chi connectivity index (χ0n) is 16.0. The van der Waals surface area contributed by atoms with Crippen LogP contribution >= 0.6 is 11.8 Å². The number of hydrogen-bond donors (Lipinski definition) is 0. The smallest absolute Gasteiger partial charge is 0.274 e. The van der Waals surface area contributed by atoms with Gasteiger partial charge in [-0.05, 0) is 36.4 Å². The van der Waals surface area contributed by atoms with Gasteiger partial charge in [-0.15, -0.1) is 0 Å². The molecule has 7 nitrogen and oxygen atoms in total. The van der Waals surface area contributed by atoms with Crippen molar-refractivity contribution in [3.05, 3.63) is 64.4 Å². The van der Waals surface area contributed by atoms with Gasteiger partial charge in [-0.25, -0.2) is 4.98 Å². The van der Waals surface area contributed by atoms with Crippen LogP contribution in [0.4, 0.5) is 5.69 Å². The Kier molecular flexibility index (Phi) is 5.14. The summed E-state index contributed by atoms with van der Waals surface area (Å²) in [7, 11) is 3.19. The number of benzene rings is 2. The Bertz CT molecular complexity index is 1150. The van der Waals surface area contributed by atoms with Crippen LogP contribution in [0.1, 0.15) is 5.56 Å². The van der Waals surface area contributed by atoms with Crippen molar-refractivity contribution >= 4 is 17.4 Å². The molecule has 2 heterocycles. The number of hydrogen-bond acceptors (Lipinski definition) is 7. The molecule has 0 aliphatic carbocycles. The molecule has 1 aliphatic rings. The third kappa shape index (κ3) is 3.52. The average molecular weight is 406 g/mol. The van der Waals surface area contributed by atoms with Crippen LogP contribution < -0.4 is 19.9 Å². The molecule has 0 saturated carbocycles. The normalized spacial score (nSPS) is 12.8. The Balaban J connectivity index is 1.74. The molecule has 0 radical (unpaired) electrons. The Morgan fingerprint density at radius 3 is 2.55 bits per heavy atom. The number of nitriles is 1. The van der Waals surface area contributed by atoms with E-state index in [1.54, 1.807) is 24.9 Å². The summed E-state index contributed by atoms with van der Waals surface area (Å²) in [6, 6.07) is 16.9. The van der Waals surface area contributed by atoms with Crippen molar-refractivity contribution in [1.82, 2.24) is 9.55 Å². The quantitative estimate of drug-likeness (QED) is 0.615. The molecule has 0 bridgehead atoms. The number of fused-ring (bicyclic) bond motifs is 1. The van der Waals surface area contributed by atoms with E-state index in [4.69, 9.17) is 9.47 Å². The molecule has 0 N–H and O–H groups in total. The van der Waals surface area contributed by atoms with Crippen LogP contribution in [0.3, 0.4) is 0 Å². The van der Waals surface area contributed by atoms with Gasteiger partial charge in [0.1, 0.15) is 29.8 Å². The highest BCUT2D eigenvalue weighted by Crippen LogP contribution is 2.31. The third-order valence-corrected chi connectivity index (χ3v) is 5.70. The Morgan fingerprint density at radius 2 is 1.86 bits per heavy atom. The van der Waals surface area contributed by atoms with E-state index in [0.29, 0.717) is 34.7 Å². The maximum atomic E-state index is 13.1. The van der Waals surface area contributed by atoms with Gasteiger partial charge in [-0.3, -0.25) is 9.36 Å². The van der Waals surface area contributed by atoms with Crippen molar-refractivity contribution in [2.24, 2.45) is 0 Å². The summed E-state index contributed by atoms with van der Waals surface area (Å²) >= 11 is 1.46. The van der Waals surface area contributed by atoms with Crippen molar-refractivity contribution in [3.63, 3.8) is 0 Å². The van der Waals surface area contributed by atoms with E-state index >= 15 is 0 Å². The molecule has 29 heavy (non-hydrogen) atoms. The van der Waals surface area contributed by atoms with Gasteiger partial charge in [-0.2, -0.15) is 5.26 Å². The number of ether oxygens (including phenoxy) is 2. The fourth-order valence-electron chi connectivity index (χ4n) is 3.15. The van der Waals surface area contributed by atoms with Gasteiger partial charge in [0.05, 0.1) is 25.8 Å². The molecule has 0 unspecified atom stereocenters. The van der Waals surface area contributed by atoms with E-state index in [1.807, 2.05) is 53.4 Å². The largest absolute Gasteiger partial charge is 0.497 e. The minimum Gasteiger partial charge on any atom is -0.497 e.